The molecule has 2 fully saturated rings. The van der Waals surface area contributed by atoms with Crippen LogP contribution in [0, 0.1) is 11.8 Å². The highest BCUT2D eigenvalue weighted by atomic mass is 35.5. The fraction of sp³-hybridized carbons (Fsp3) is 0.269. The number of imidazole rings is 1. The third-order valence-corrected chi connectivity index (χ3v) is 7.82. The maximum Gasteiger partial charge on any atom is 0.433 e. The molecule has 1 aliphatic carbocycles. The number of halogens is 4. The van der Waals surface area contributed by atoms with Gasteiger partial charge in [0.1, 0.15) is 11.4 Å². The lowest BCUT2D eigenvalue weighted by molar-refractivity contribution is -0.140. The molecule has 3 aromatic heterocycles. The summed E-state index contributed by atoms with van der Waals surface area (Å²) in [5, 5.41) is 20.4. The zero-order valence-corrected chi connectivity index (χ0v) is 22.8. The van der Waals surface area contributed by atoms with Crippen molar-refractivity contribution in [2.24, 2.45) is 18.9 Å². The summed E-state index contributed by atoms with van der Waals surface area (Å²) in [7, 11) is 1.38. The first-order valence-electron chi connectivity index (χ1n) is 12.8. The van der Waals surface area contributed by atoms with Crippen molar-refractivity contribution in [1.29, 1.82) is 0 Å². The Bertz CT molecular complexity index is 1750. The molecule has 4 aromatic rings. The van der Waals surface area contributed by atoms with Crippen LogP contribution in [-0.4, -0.2) is 76.8 Å². The summed E-state index contributed by atoms with van der Waals surface area (Å²) in [6.07, 6.45) is -1.95. The molecule has 1 aromatic carbocycles. The maximum atomic E-state index is 13.9. The van der Waals surface area contributed by atoms with Gasteiger partial charge in [0.25, 0.3) is 11.8 Å². The minimum absolute atomic E-state index is 0.0505. The van der Waals surface area contributed by atoms with Crippen molar-refractivity contribution in [3.8, 4) is 22.8 Å². The summed E-state index contributed by atoms with van der Waals surface area (Å²) in [4.78, 5) is 50.3. The normalized spacial score (nSPS) is 19.2. The first kappa shape index (κ1) is 28.1. The number of alkyl halides is 3. The van der Waals surface area contributed by atoms with E-state index in [-0.39, 0.29) is 62.8 Å². The first-order valence-corrected chi connectivity index (χ1v) is 13.2. The van der Waals surface area contributed by atoms with Crippen LogP contribution < -0.4 is 10.6 Å². The topological polar surface area (TPSA) is 171 Å². The number of fused-ring (bicyclic) bond motifs is 1. The van der Waals surface area contributed by atoms with Crippen LogP contribution in [0.15, 0.2) is 42.9 Å². The number of hydrogen-bond donors (Lipinski definition) is 4. The van der Waals surface area contributed by atoms with E-state index in [1.807, 2.05) is 5.10 Å². The SMILES string of the molecule is Cn1c(-c2c(-c3ncccn3)n[nH]c2C(F)(F)F)cnc1C(=O)Nc1ccc(C(=O)NC2[C@H]3CN(C(=O)O)C[C@@H]23)c(Cl)c1. The predicted octanol–water partition coefficient (Wildman–Crippen LogP) is 3.53. The smallest absolute Gasteiger partial charge is 0.433 e. The molecule has 17 heteroatoms. The van der Waals surface area contributed by atoms with Gasteiger partial charge in [-0.2, -0.15) is 18.3 Å². The molecule has 6 rings (SSSR count). The van der Waals surface area contributed by atoms with Gasteiger partial charge in [0.15, 0.2) is 11.6 Å². The average Bonchev–Trinajstić information content (AvgIpc) is 3.39. The number of carbonyl (C=O) groups is 3. The van der Waals surface area contributed by atoms with Crippen LogP contribution in [0.4, 0.5) is 23.7 Å². The maximum absolute atomic E-state index is 13.9. The van der Waals surface area contributed by atoms with Crippen molar-refractivity contribution >= 4 is 35.2 Å². The largest absolute Gasteiger partial charge is 0.465 e. The Labute approximate surface area is 245 Å². The number of piperidine rings is 1. The predicted molar refractivity (Wildman–Crippen MR) is 144 cm³/mol. The molecule has 13 nitrogen and oxygen atoms in total. The van der Waals surface area contributed by atoms with Gasteiger partial charge in [-0.3, -0.25) is 14.7 Å². The van der Waals surface area contributed by atoms with E-state index in [1.165, 1.54) is 53.2 Å². The van der Waals surface area contributed by atoms with Gasteiger partial charge in [-0.05, 0) is 24.3 Å². The minimum atomic E-state index is -4.80. The van der Waals surface area contributed by atoms with E-state index >= 15 is 0 Å². The van der Waals surface area contributed by atoms with Crippen molar-refractivity contribution in [3.63, 3.8) is 0 Å². The Morgan fingerprint density at radius 1 is 1.09 bits per heavy atom. The molecule has 0 spiro atoms. The summed E-state index contributed by atoms with van der Waals surface area (Å²) >= 11 is 6.33. The van der Waals surface area contributed by atoms with E-state index in [0.717, 1.165) is 6.20 Å². The van der Waals surface area contributed by atoms with Crippen LogP contribution in [0.1, 0.15) is 26.7 Å². The number of likely N-dealkylation sites (tertiary alicyclic amines) is 1. The number of rotatable bonds is 6. The molecule has 0 radical (unpaired) electrons. The molecule has 4 heterocycles. The fourth-order valence-electron chi connectivity index (χ4n) is 5.32. The third kappa shape index (κ3) is 5.13. The number of nitrogens with zero attached hydrogens (tertiary/aromatic N) is 6. The molecule has 3 amide bonds. The number of carbonyl (C=O) groups excluding carboxylic acids is 2. The molecule has 1 saturated carbocycles. The molecule has 222 valence electrons. The first-order chi connectivity index (χ1) is 20.4. The molecule has 0 bridgehead atoms. The number of aromatic nitrogens is 6. The average molecular weight is 616 g/mol. The lowest BCUT2D eigenvalue weighted by atomic mass is 10.1. The number of benzene rings is 1. The highest BCUT2D eigenvalue weighted by Crippen LogP contribution is 2.45. The Kier molecular flexibility index (Phi) is 6.79. The van der Waals surface area contributed by atoms with Gasteiger partial charge < -0.3 is 25.2 Å². The zero-order valence-electron chi connectivity index (χ0n) is 22.1. The van der Waals surface area contributed by atoms with Crippen LogP contribution in [0.5, 0.6) is 0 Å². The molecule has 2 aliphatic rings. The van der Waals surface area contributed by atoms with E-state index in [9.17, 15) is 27.6 Å². The zero-order chi connectivity index (χ0) is 30.6. The van der Waals surface area contributed by atoms with E-state index in [4.69, 9.17) is 16.7 Å². The second-order valence-corrected chi connectivity index (χ2v) is 10.5. The fourth-order valence-corrected chi connectivity index (χ4v) is 5.59. The number of nitrogens with one attached hydrogen (secondary N) is 3. The molecule has 43 heavy (non-hydrogen) atoms. The van der Waals surface area contributed by atoms with Crippen LogP contribution in [0.2, 0.25) is 5.02 Å². The van der Waals surface area contributed by atoms with E-state index in [2.05, 4.69) is 30.7 Å². The van der Waals surface area contributed by atoms with E-state index in [1.54, 1.807) is 0 Å². The Hall–Kier alpha value is -4.99. The van der Waals surface area contributed by atoms with Crippen molar-refractivity contribution < 1.29 is 32.7 Å². The lowest BCUT2D eigenvalue weighted by Gasteiger charge is -2.16. The minimum Gasteiger partial charge on any atom is -0.465 e. The standard InChI is InChI=1S/C26H21ClF3N9O4/c1-38-16(17-19(21-31-5-2-6-32-21)36-37-20(17)26(28,29)30)8-33-22(38)24(41)34-11-3-4-12(15(27)7-11)23(40)35-18-13-9-39(25(42)43)10-14(13)18/h2-8,13-14,18H,9-10H2,1H3,(H,34,41)(H,35,40)(H,36,37)(H,42,43)/t13-,14+,18?. The number of hydrogen-bond acceptors (Lipinski definition) is 7. The van der Waals surface area contributed by atoms with Gasteiger partial charge >= 0.3 is 12.3 Å². The number of carboxylic acid groups (broad SMARTS) is 1. The summed E-state index contributed by atoms with van der Waals surface area (Å²) in [6.45, 7) is 0.718. The van der Waals surface area contributed by atoms with Crippen LogP contribution in [0.3, 0.4) is 0 Å². The molecule has 4 N–H and O–H groups in total. The van der Waals surface area contributed by atoms with Crippen molar-refractivity contribution in [2.75, 3.05) is 18.4 Å². The highest BCUT2D eigenvalue weighted by molar-refractivity contribution is 6.34. The molecular weight excluding hydrogens is 595 g/mol. The summed E-state index contributed by atoms with van der Waals surface area (Å²) in [6, 6.07) is 5.60. The van der Waals surface area contributed by atoms with E-state index < -0.39 is 29.8 Å². The Morgan fingerprint density at radius 2 is 1.79 bits per heavy atom. The van der Waals surface area contributed by atoms with Gasteiger partial charge in [-0.1, -0.05) is 11.6 Å². The van der Waals surface area contributed by atoms with Crippen LogP contribution in [0.25, 0.3) is 22.8 Å². The van der Waals surface area contributed by atoms with Crippen LogP contribution in [-0.2, 0) is 13.2 Å². The summed E-state index contributed by atoms with van der Waals surface area (Å²) in [5.41, 5.74) is -1.38. The van der Waals surface area contributed by atoms with Crippen molar-refractivity contribution in [2.45, 2.75) is 12.2 Å². The number of anilines is 1. The summed E-state index contributed by atoms with van der Waals surface area (Å²) in [5.74, 6) is -1.32. The molecule has 1 unspecified atom stereocenters. The van der Waals surface area contributed by atoms with Gasteiger partial charge in [0.05, 0.1) is 28.0 Å². The second-order valence-electron chi connectivity index (χ2n) is 10.1. The number of amides is 3. The van der Waals surface area contributed by atoms with Crippen molar-refractivity contribution in [1.82, 2.24) is 39.9 Å². The van der Waals surface area contributed by atoms with Gasteiger partial charge in [-0.15, -0.1) is 0 Å². The van der Waals surface area contributed by atoms with Gasteiger partial charge in [-0.25, -0.2) is 19.7 Å². The second kappa shape index (κ2) is 10.4. The highest BCUT2D eigenvalue weighted by Gasteiger charge is 2.57. The lowest BCUT2D eigenvalue weighted by Crippen LogP contribution is -2.36. The van der Waals surface area contributed by atoms with Gasteiger partial charge in [0, 0.05) is 56.1 Å². The summed E-state index contributed by atoms with van der Waals surface area (Å²) < 4.78 is 42.8. The molecule has 1 saturated heterocycles. The monoisotopic (exact) mass is 615 g/mol. The number of H-pyrrole nitrogens is 1. The van der Waals surface area contributed by atoms with Crippen LogP contribution >= 0.6 is 11.6 Å². The molecule has 1 aliphatic heterocycles. The number of aromatic amines is 1. The van der Waals surface area contributed by atoms with Crippen molar-refractivity contribution in [3.05, 3.63) is 65.0 Å². The third-order valence-electron chi connectivity index (χ3n) is 7.51. The quantitative estimate of drug-likeness (QED) is 0.255. The Balaban J connectivity index is 1.18. The molecule has 3 atom stereocenters. The van der Waals surface area contributed by atoms with Gasteiger partial charge in [0.2, 0.25) is 0 Å². The van der Waals surface area contributed by atoms with E-state index in [0.29, 0.717) is 13.1 Å². The molecular formula is C26H21ClF3N9O4. The Morgan fingerprint density at radius 3 is 2.42 bits per heavy atom.